The van der Waals surface area contributed by atoms with Crippen molar-refractivity contribution in [3.05, 3.63) is 11.1 Å². The molecule has 0 bridgehead atoms. The second-order valence-corrected chi connectivity index (χ2v) is 14.6. The van der Waals surface area contributed by atoms with Gasteiger partial charge in [0.25, 0.3) is 0 Å². The molecule has 3 aliphatic carbocycles. The fourth-order valence-corrected chi connectivity index (χ4v) is 9.15. The molecule has 4 heteroatoms. The van der Waals surface area contributed by atoms with Crippen molar-refractivity contribution in [3.63, 3.8) is 0 Å². The maximum Gasteiger partial charge on any atom is 0.0888 e. The van der Waals surface area contributed by atoms with E-state index in [1.165, 1.54) is 19.3 Å². The minimum absolute atomic E-state index is 0.0433. The summed E-state index contributed by atoms with van der Waals surface area (Å²) in [6, 6.07) is 0. The number of fused-ring (bicyclic) bond motifs is 4. The van der Waals surface area contributed by atoms with Gasteiger partial charge in [-0.05, 0) is 120 Å². The average molecular weight is 475 g/mol. The Balaban J connectivity index is 1.40. The minimum Gasteiger partial charge on any atom is -0.390 e. The molecular weight excluding hydrogens is 424 g/mol. The summed E-state index contributed by atoms with van der Waals surface area (Å²) >= 11 is 0. The molecule has 0 aromatic heterocycles. The lowest BCUT2D eigenvalue weighted by molar-refractivity contribution is -0.190. The van der Waals surface area contributed by atoms with E-state index in [4.69, 9.17) is 9.47 Å². The minimum atomic E-state index is -0.761. The van der Waals surface area contributed by atoms with Gasteiger partial charge in [-0.3, -0.25) is 0 Å². The Hall–Kier alpha value is -0.420. The highest BCUT2D eigenvalue weighted by atomic mass is 16.5. The van der Waals surface area contributed by atoms with Crippen molar-refractivity contribution in [1.29, 1.82) is 0 Å². The smallest absolute Gasteiger partial charge is 0.0888 e. The van der Waals surface area contributed by atoms with Crippen LogP contribution in [0, 0.1) is 22.2 Å². The molecule has 5 rings (SSSR count). The number of hydrogen-bond donors (Lipinski definition) is 2. The number of aliphatic hydroxyl groups is 2. The Bertz CT molecular complexity index is 839. The van der Waals surface area contributed by atoms with E-state index in [-0.39, 0.29) is 40.7 Å². The van der Waals surface area contributed by atoms with Crippen LogP contribution >= 0.6 is 0 Å². The number of rotatable bonds is 1. The molecule has 5 fully saturated rings. The first-order valence-electron chi connectivity index (χ1n) is 14.1. The zero-order chi connectivity index (χ0) is 24.7. The van der Waals surface area contributed by atoms with Crippen LogP contribution in [0.5, 0.6) is 0 Å². The molecule has 0 amide bonds. The van der Waals surface area contributed by atoms with Gasteiger partial charge in [-0.25, -0.2) is 0 Å². The highest BCUT2D eigenvalue weighted by Gasteiger charge is 2.60. The first-order chi connectivity index (χ1) is 15.7. The van der Waals surface area contributed by atoms with Gasteiger partial charge in [0.05, 0.1) is 35.6 Å². The maximum atomic E-state index is 10.8. The van der Waals surface area contributed by atoms with Crippen LogP contribution in [0.25, 0.3) is 0 Å². The SMILES string of the molecule is CC(C)(O)[C@H]1CC[C@@]2(C)C/C(=C3\CC[C@H]4[C@]5(C)CC[C@H](O)C(C)(C)O[C@H]5CC[C@]34C)CC[C@@H]2O1. The van der Waals surface area contributed by atoms with E-state index in [0.717, 1.165) is 51.4 Å². The van der Waals surface area contributed by atoms with Crippen molar-refractivity contribution in [2.75, 3.05) is 0 Å². The summed E-state index contributed by atoms with van der Waals surface area (Å²) in [4.78, 5) is 0. The lowest BCUT2D eigenvalue weighted by Crippen LogP contribution is -2.52. The summed E-state index contributed by atoms with van der Waals surface area (Å²) in [6.07, 6.45) is 12.3. The molecular formula is C30H50O4. The molecule has 8 atom stereocenters. The van der Waals surface area contributed by atoms with Gasteiger partial charge in [-0.1, -0.05) is 31.9 Å². The largest absolute Gasteiger partial charge is 0.390 e. The quantitative estimate of drug-likeness (QED) is 0.436. The van der Waals surface area contributed by atoms with Gasteiger partial charge >= 0.3 is 0 Å². The van der Waals surface area contributed by atoms with Crippen molar-refractivity contribution in [2.24, 2.45) is 22.2 Å². The molecule has 2 aliphatic heterocycles. The Morgan fingerprint density at radius 3 is 2.29 bits per heavy atom. The molecule has 2 saturated heterocycles. The fourth-order valence-electron chi connectivity index (χ4n) is 9.15. The van der Waals surface area contributed by atoms with Gasteiger partial charge in [0.2, 0.25) is 0 Å². The normalized spacial score (nSPS) is 51.3. The molecule has 5 aliphatic rings. The van der Waals surface area contributed by atoms with Crippen molar-refractivity contribution in [2.45, 2.75) is 155 Å². The second kappa shape index (κ2) is 8.04. The van der Waals surface area contributed by atoms with Crippen LogP contribution in [0.15, 0.2) is 11.1 Å². The molecule has 0 unspecified atom stereocenters. The summed E-state index contributed by atoms with van der Waals surface area (Å²) < 4.78 is 13.2. The lowest BCUT2D eigenvalue weighted by Gasteiger charge is -2.55. The second-order valence-electron chi connectivity index (χ2n) is 14.6. The zero-order valence-corrected chi connectivity index (χ0v) is 22.9. The highest BCUT2D eigenvalue weighted by molar-refractivity contribution is 5.32. The molecule has 0 aromatic rings. The number of allylic oxidation sites excluding steroid dienone is 2. The molecule has 2 heterocycles. The zero-order valence-electron chi connectivity index (χ0n) is 22.9. The Labute approximate surface area is 207 Å². The maximum absolute atomic E-state index is 10.8. The predicted molar refractivity (Wildman–Crippen MR) is 136 cm³/mol. The van der Waals surface area contributed by atoms with E-state index in [9.17, 15) is 10.2 Å². The predicted octanol–water partition coefficient (Wildman–Crippen LogP) is 6.33. The van der Waals surface area contributed by atoms with Gasteiger partial charge in [0.1, 0.15) is 0 Å². The summed E-state index contributed by atoms with van der Waals surface area (Å²) in [5.74, 6) is 0.634. The third kappa shape index (κ3) is 3.85. The first-order valence-corrected chi connectivity index (χ1v) is 14.1. The van der Waals surface area contributed by atoms with E-state index in [0.29, 0.717) is 5.92 Å². The van der Waals surface area contributed by atoms with Gasteiger partial charge in [0.15, 0.2) is 0 Å². The van der Waals surface area contributed by atoms with Crippen LogP contribution in [0.4, 0.5) is 0 Å². The Morgan fingerprint density at radius 1 is 0.853 bits per heavy atom. The standard InChI is InChI=1S/C30H50O4/c1-26(2,32)23-13-15-28(5)18-19(8-11-24(28)33-23)20-9-10-21-29(20,6)17-14-25-30(21,7)16-12-22(31)27(3,4)34-25/h21-25,31-32H,8-18H2,1-7H3/b20-19+/t21-,22+,23-,24+,25+,28+,29-,30+/m1/s1. The molecule has 194 valence electrons. The van der Waals surface area contributed by atoms with E-state index >= 15 is 0 Å². The third-order valence-electron chi connectivity index (χ3n) is 11.4. The van der Waals surface area contributed by atoms with Crippen LogP contribution < -0.4 is 0 Å². The van der Waals surface area contributed by atoms with Crippen molar-refractivity contribution >= 4 is 0 Å². The van der Waals surface area contributed by atoms with Crippen LogP contribution in [0.1, 0.15) is 119 Å². The molecule has 0 radical (unpaired) electrons. The molecule has 34 heavy (non-hydrogen) atoms. The fraction of sp³-hybridized carbons (Fsp3) is 0.933. The van der Waals surface area contributed by atoms with Crippen molar-refractivity contribution < 1.29 is 19.7 Å². The van der Waals surface area contributed by atoms with Gasteiger partial charge in [-0.2, -0.15) is 0 Å². The van der Waals surface area contributed by atoms with E-state index in [2.05, 4.69) is 34.6 Å². The number of ether oxygens (including phenoxy) is 2. The highest BCUT2D eigenvalue weighted by Crippen LogP contribution is 2.66. The summed E-state index contributed by atoms with van der Waals surface area (Å²) in [5.41, 5.74) is 2.87. The third-order valence-corrected chi connectivity index (χ3v) is 11.4. The molecule has 2 N–H and O–H groups in total. The van der Waals surface area contributed by atoms with E-state index < -0.39 is 11.2 Å². The van der Waals surface area contributed by atoms with Crippen molar-refractivity contribution in [3.8, 4) is 0 Å². The average Bonchev–Trinajstić information content (AvgIpc) is 3.06. The van der Waals surface area contributed by atoms with Crippen molar-refractivity contribution in [1.82, 2.24) is 0 Å². The van der Waals surface area contributed by atoms with Crippen LogP contribution in [-0.2, 0) is 9.47 Å². The van der Waals surface area contributed by atoms with E-state index in [1.54, 1.807) is 11.1 Å². The molecule has 0 aromatic carbocycles. The molecule has 0 spiro atoms. The van der Waals surface area contributed by atoms with E-state index in [1.807, 2.05) is 13.8 Å². The number of aliphatic hydroxyl groups excluding tert-OH is 1. The monoisotopic (exact) mass is 474 g/mol. The topological polar surface area (TPSA) is 58.9 Å². The summed E-state index contributed by atoms with van der Waals surface area (Å²) in [5, 5.41) is 21.3. The van der Waals surface area contributed by atoms with Crippen LogP contribution in [-0.4, -0.2) is 45.8 Å². The number of hydrogen-bond acceptors (Lipinski definition) is 4. The van der Waals surface area contributed by atoms with Gasteiger partial charge < -0.3 is 19.7 Å². The summed E-state index contributed by atoms with van der Waals surface area (Å²) in [7, 11) is 0. The van der Waals surface area contributed by atoms with Crippen LogP contribution in [0.2, 0.25) is 0 Å². The molecule has 3 saturated carbocycles. The van der Waals surface area contributed by atoms with Crippen LogP contribution in [0.3, 0.4) is 0 Å². The molecule has 4 nitrogen and oxygen atoms in total. The summed E-state index contributed by atoms with van der Waals surface area (Å²) in [6.45, 7) is 15.4. The Morgan fingerprint density at radius 2 is 1.59 bits per heavy atom. The van der Waals surface area contributed by atoms with Gasteiger partial charge in [-0.15, -0.1) is 0 Å². The van der Waals surface area contributed by atoms with Gasteiger partial charge in [0, 0.05) is 0 Å². The first kappa shape index (κ1) is 25.2. The Kier molecular flexibility index (Phi) is 5.97. The lowest BCUT2D eigenvalue weighted by atomic mass is 9.53.